The normalized spacial score (nSPS) is 11.9. The van der Waals surface area contributed by atoms with Gasteiger partial charge in [-0.15, -0.1) is 0 Å². The van der Waals surface area contributed by atoms with Gasteiger partial charge in [-0.25, -0.2) is 8.42 Å². The summed E-state index contributed by atoms with van der Waals surface area (Å²) in [5.41, 5.74) is 3.17. The lowest BCUT2D eigenvalue weighted by Crippen LogP contribution is -2.15. The Morgan fingerprint density at radius 2 is 1.71 bits per heavy atom. The summed E-state index contributed by atoms with van der Waals surface area (Å²) >= 11 is 6.07. The van der Waals surface area contributed by atoms with Crippen molar-refractivity contribution in [2.24, 2.45) is 5.10 Å². The number of halogens is 1. The van der Waals surface area contributed by atoms with Crippen molar-refractivity contribution in [3.05, 3.63) is 99.6 Å². The molecule has 0 aromatic heterocycles. The number of fused-ring (bicyclic) bond motifs is 1. The van der Waals surface area contributed by atoms with Gasteiger partial charge in [0.25, 0.3) is 15.7 Å². The number of para-hydroxylation sites is 1. The lowest BCUT2D eigenvalue weighted by Gasteiger charge is -2.13. The summed E-state index contributed by atoms with van der Waals surface area (Å²) in [7, 11) is -4.29. The number of nitrogens with one attached hydrogen (secondary N) is 2. The monoisotopic (exact) mass is 510 g/mol. The maximum Gasteiger partial charge on any atom is 0.270 e. The molecule has 0 amide bonds. The summed E-state index contributed by atoms with van der Waals surface area (Å²) in [6.07, 6.45) is 0. The number of sulfonamides is 1. The molecule has 4 rings (SSSR count). The van der Waals surface area contributed by atoms with Gasteiger partial charge < -0.3 is 5.11 Å². The molecule has 0 spiro atoms. The third-order valence-electron chi connectivity index (χ3n) is 5.22. The number of hydrogen-bond donors (Lipinski definition) is 3. The van der Waals surface area contributed by atoms with Crippen LogP contribution in [-0.4, -0.2) is 24.2 Å². The minimum absolute atomic E-state index is 0.00483. The molecular weight excluding hydrogens is 492 g/mol. The van der Waals surface area contributed by atoms with Crippen LogP contribution < -0.4 is 10.1 Å². The minimum Gasteiger partial charge on any atom is -0.507 e. The van der Waals surface area contributed by atoms with Crippen LogP contribution in [0.25, 0.3) is 10.8 Å². The molecule has 178 valence electrons. The van der Waals surface area contributed by atoms with E-state index < -0.39 is 25.5 Å². The number of nitro benzene ring substituents is 1. The Hall–Kier alpha value is -4.15. The number of phenols is 1. The van der Waals surface area contributed by atoms with E-state index in [1.807, 2.05) is 18.2 Å². The molecule has 0 saturated heterocycles. The molecule has 0 unspecified atom stereocenters. The fourth-order valence-corrected chi connectivity index (χ4v) is 4.93. The number of hydrogen-bond acceptors (Lipinski definition) is 7. The summed E-state index contributed by atoms with van der Waals surface area (Å²) in [5, 5.41) is 27.9. The van der Waals surface area contributed by atoms with Gasteiger partial charge in [0, 0.05) is 23.1 Å². The maximum atomic E-state index is 13.1. The van der Waals surface area contributed by atoms with E-state index in [0.29, 0.717) is 16.7 Å². The molecule has 0 atom stereocenters. The smallest absolute Gasteiger partial charge is 0.270 e. The Labute approximate surface area is 205 Å². The number of nitrogens with zero attached hydrogens (tertiary/aromatic N) is 2. The molecule has 0 fully saturated rings. The van der Waals surface area contributed by atoms with Gasteiger partial charge in [0.2, 0.25) is 0 Å². The first kappa shape index (κ1) is 24.0. The number of anilines is 2. The summed E-state index contributed by atoms with van der Waals surface area (Å²) in [6.45, 7) is 1.64. The molecule has 11 heteroatoms. The molecule has 0 heterocycles. The second-order valence-corrected chi connectivity index (χ2v) is 9.57. The predicted octanol–water partition coefficient (Wildman–Crippen LogP) is 5.74. The van der Waals surface area contributed by atoms with Crippen LogP contribution in [0, 0.1) is 10.1 Å². The standard InChI is InChI=1S/C24H19ClN4O5S/c1-15(18-12-10-16-6-2-3-7-19(16)24(18)30)26-27-22-13-11-17(29(31)32)14-23(22)35(33,34)28-21-9-5-4-8-20(21)25/h2-14,27-28,30H,1H3/b26-15-. The van der Waals surface area contributed by atoms with E-state index >= 15 is 0 Å². The SMILES string of the molecule is C/C(=N/Nc1ccc([N+](=O)[O-])cc1S(=O)(=O)Nc1ccccc1Cl)c1ccc2ccccc2c1O. The topological polar surface area (TPSA) is 134 Å². The summed E-state index contributed by atoms with van der Waals surface area (Å²) in [6, 6.07) is 20.4. The molecule has 0 radical (unpaired) electrons. The third kappa shape index (κ3) is 5.03. The van der Waals surface area contributed by atoms with E-state index in [1.54, 1.807) is 37.3 Å². The van der Waals surface area contributed by atoms with Crippen molar-refractivity contribution in [1.82, 2.24) is 0 Å². The second kappa shape index (κ2) is 9.61. The summed E-state index contributed by atoms with van der Waals surface area (Å²) in [4.78, 5) is 10.2. The molecule has 0 aliphatic carbocycles. The van der Waals surface area contributed by atoms with E-state index in [2.05, 4.69) is 15.2 Å². The molecule has 35 heavy (non-hydrogen) atoms. The molecule has 0 bridgehead atoms. The van der Waals surface area contributed by atoms with Crippen molar-refractivity contribution in [3.63, 3.8) is 0 Å². The quantitative estimate of drug-likeness (QED) is 0.165. The number of hydrazone groups is 1. The van der Waals surface area contributed by atoms with Gasteiger partial charge in [0.15, 0.2) is 0 Å². The van der Waals surface area contributed by atoms with Crippen molar-refractivity contribution in [2.45, 2.75) is 11.8 Å². The second-order valence-electron chi connectivity index (χ2n) is 7.51. The summed E-state index contributed by atoms with van der Waals surface area (Å²) < 4.78 is 28.6. The first-order chi connectivity index (χ1) is 16.7. The maximum absolute atomic E-state index is 13.1. The van der Waals surface area contributed by atoms with Crippen LogP contribution >= 0.6 is 11.6 Å². The number of non-ortho nitro benzene ring substituents is 1. The highest BCUT2D eigenvalue weighted by Crippen LogP contribution is 2.32. The Morgan fingerprint density at radius 1 is 1.00 bits per heavy atom. The van der Waals surface area contributed by atoms with Crippen LogP contribution in [0.5, 0.6) is 5.75 Å². The van der Waals surface area contributed by atoms with Crippen molar-refractivity contribution in [2.75, 3.05) is 10.1 Å². The molecule has 0 aliphatic rings. The highest BCUT2D eigenvalue weighted by molar-refractivity contribution is 7.93. The van der Waals surface area contributed by atoms with Crippen molar-refractivity contribution >= 4 is 55.2 Å². The van der Waals surface area contributed by atoms with Gasteiger partial charge in [-0.2, -0.15) is 5.10 Å². The highest BCUT2D eigenvalue weighted by Gasteiger charge is 2.23. The number of aromatic hydroxyl groups is 1. The average Bonchev–Trinajstić information content (AvgIpc) is 2.84. The molecule has 9 nitrogen and oxygen atoms in total. The van der Waals surface area contributed by atoms with Crippen LogP contribution in [0.15, 0.2) is 88.9 Å². The Bertz CT molecular complexity index is 1590. The van der Waals surface area contributed by atoms with Gasteiger partial charge >= 0.3 is 0 Å². The van der Waals surface area contributed by atoms with Crippen LogP contribution in [0.2, 0.25) is 5.02 Å². The molecule has 3 N–H and O–H groups in total. The Balaban J connectivity index is 1.72. The lowest BCUT2D eigenvalue weighted by atomic mass is 10.0. The van der Waals surface area contributed by atoms with Gasteiger partial charge in [-0.1, -0.05) is 54.1 Å². The van der Waals surface area contributed by atoms with Gasteiger partial charge in [-0.05, 0) is 36.6 Å². The zero-order chi connectivity index (χ0) is 25.2. The fourth-order valence-electron chi connectivity index (χ4n) is 3.43. The average molecular weight is 511 g/mol. The first-order valence-electron chi connectivity index (χ1n) is 10.2. The number of rotatable bonds is 7. The lowest BCUT2D eigenvalue weighted by molar-refractivity contribution is -0.385. The van der Waals surface area contributed by atoms with Gasteiger partial charge in [-0.3, -0.25) is 20.3 Å². The Kier molecular flexibility index (Phi) is 6.59. The van der Waals surface area contributed by atoms with Crippen LogP contribution in [0.4, 0.5) is 17.1 Å². The Morgan fingerprint density at radius 3 is 2.46 bits per heavy atom. The van der Waals surface area contributed by atoms with E-state index in [0.717, 1.165) is 17.5 Å². The molecule has 0 aliphatic heterocycles. The van der Waals surface area contributed by atoms with Gasteiger partial charge in [0.1, 0.15) is 10.6 Å². The van der Waals surface area contributed by atoms with Crippen LogP contribution in [0.3, 0.4) is 0 Å². The first-order valence-corrected chi connectivity index (χ1v) is 12.1. The highest BCUT2D eigenvalue weighted by atomic mass is 35.5. The van der Waals surface area contributed by atoms with E-state index in [9.17, 15) is 23.6 Å². The zero-order valence-electron chi connectivity index (χ0n) is 18.3. The van der Waals surface area contributed by atoms with E-state index in [-0.39, 0.29) is 22.1 Å². The van der Waals surface area contributed by atoms with Crippen molar-refractivity contribution in [3.8, 4) is 5.75 Å². The number of phenolic OH excluding ortho intramolecular Hbond substituents is 1. The minimum atomic E-state index is -4.29. The predicted molar refractivity (Wildman–Crippen MR) is 137 cm³/mol. The molecule has 0 saturated carbocycles. The van der Waals surface area contributed by atoms with E-state index in [1.165, 1.54) is 18.2 Å². The third-order valence-corrected chi connectivity index (χ3v) is 6.95. The summed E-state index contributed by atoms with van der Waals surface area (Å²) in [5.74, 6) is 0.0306. The van der Waals surface area contributed by atoms with Crippen molar-refractivity contribution in [1.29, 1.82) is 0 Å². The number of nitro groups is 1. The van der Waals surface area contributed by atoms with Crippen molar-refractivity contribution < 1.29 is 18.4 Å². The molecule has 4 aromatic carbocycles. The van der Waals surface area contributed by atoms with Crippen LogP contribution in [0.1, 0.15) is 12.5 Å². The zero-order valence-corrected chi connectivity index (χ0v) is 19.8. The van der Waals surface area contributed by atoms with Crippen LogP contribution in [-0.2, 0) is 10.0 Å². The largest absolute Gasteiger partial charge is 0.507 e. The molecular formula is C24H19ClN4O5S. The van der Waals surface area contributed by atoms with Gasteiger partial charge in [0.05, 0.1) is 27.0 Å². The fraction of sp³-hybridized carbons (Fsp3) is 0.0417. The molecule has 4 aromatic rings. The number of benzene rings is 4. The van der Waals surface area contributed by atoms with E-state index in [4.69, 9.17) is 11.6 Å².